The van der Waals surface area contributed by atoms with Crippen LogP contribution in [0.15, 0.2) is 78.9 Å². The first-order valence-corrected chi connectivity index (χ1v) is 14.6. The van der Waals surface area contributed by atoms with Gasteiger partial charge in [0.1, 0.15) is 12.1 Å². The zero-order valence-electron chi connectivity index (χ0n) is 25.2. The lowest BCUT2D eigenvalue weighted by Crippen LogP contribution is -2.85. The van der Waals surface area contributed by atoms with Crippen molar-refractivity contribution in [3.63, 3.8) is 0 Å². The fourth-order valence-electron chi connectivity index (χ4n) is 6.61. The Bertz CT molecular complexity index is 1680. The summed E-state index contributed by atoms with van der Waals surface area (Å²) in [6, 6.07) is 19.3. The van der Waals surface area contributed by atoms with Crippen LogP contribution in [0.4, 0.5) is 11.4 Å². The second-order valence-electron chi connectivity index (χ2n) is 12.1. The van der Waals surface area contributed by atoms with E-state index in [0.29, 0.717) is 0 Å². The molecule has 3 aromatic rings. The summed E-state index contributed by atoms with van der Waals surface area (Å²) in [5.74, 6) is -3.55. The summed E-state index contributed by atoms with van der Waals surface area (Å²) >= 11 is 0. The number of non-ortho nitro benzene ring substituents is 1. The number of hydrogen-bond acceptors (Lipinski definition) is 9. The van der Waals surface area contributed by atoms with Gasteiger partial charge in [0.05, 0.1) is 23.3 Å². The molecule has 0 unspecified atom stereocenters. The zero-order valence-corrected chi connectivity index (χ0v) is 25.2. The number of nitro benzene ring substituents is 1. The van der Waals surface area contributed by atoms with Gasteiger partial charge in [-0.05, 0) is 51.5 Å². The minimum Gasteiger partial charge on any atom is -0.375 e. The maximum Gasteiger partial charge on any atom is 0.274 e. The molecule has 1 N–H and O–H groups in total. The Hall–Kier alpha value is -4.49. The van der Waals surface area contributed by atoms with Gasteiger partial charge in [0.2, 0.25) is 11.2 Å². The molecular formula is C33H33N3O9. The van der Waals surface area contributed by atoms with Crippen molar-refractivity contribution >= 4 is 29.1 Å². The Morgan fingerprint density at radius 3 is 2.27 bits per heavy atom. The maximum absolute atomic E-state index is 14.8. The molecule has 3 heterocycles. The number of nitro groups is 1. The number of para-hydroxylation sites is 1. The number of carbonyl (C=O) groups is 3. The number of imide groups is 1. The standard InChI is InChI=1S/C33H33N3O9/c1-20(2)44-33(24-12-8-9-13-25(24)35(30(33)39)28(37)22-14-16-23(17-15-22)36(41)42)32(40)27(26-19-43-31(3,4)45-26)34(29(32)38)18-21-10-6-5-7-11-21/h5-17,20,26-27,40H,18-19H2,1-4H3/t26-,27+,32-,33+/m1/s1. The molecule has 0 bridgehead atoms. The van der Waals surface area contributed by atoms with Crippen LogP contribution in [-0.2, 0) is 35.9 Å². The van der Waals surface area contributed by atoms with Gasteiger partial charge in [-0.3, -0.25) is 24.5 Å². The third-order valence-corrected chi connectivity index (χ3v) is 8.43. The lowest BCUT2D eigenvalue weighted by Gasteiger charge is -2.60. The van der Waals surface area contributed by atoms with Gasteiger partial charge in [-0.15, -0.1) is 0 Å². The number of amides is 3. The van der Waals surface area contributed by atoms with Crippen LogP contribution in [0.2, 0.25) is 0 Å². The van der Waals surface area contributed by atoms with Crippen molar-refractivity contribution < 1.29 is 38.6 Å². The number of hydrogen-bond donors (Lipinski definition) is 1. The Balaban J connectivity index is 1.50. The summed E-state index contributed by atoms with van der Waals surface area (Å²) < 4.78 is 18.4. The molecule has 0 saturated carbocycles. The smallest absolute Gasteiger partial charge is 0.274 e. The Kier molecular flexibility index (Phi) is 7.36. The highest BCUT2D eigenvalue weighted by Crippen LogP contribution is 2.57. The second kappa shape index (κ2) is 10.8. The van der Waals surface area contributed by atoms with E-state index in [4.69, 9.17) is 14.2 Å². The molecule has 3 aliphatic rings. The number of rotatable bonds is 8. The van der Waals surface area contributed by atoms with Gasteiger partial charge in [-0.25, -0.2) is 4.90 Å². The number of fused-ring (bicyclic) bond motifs is 1. The lowest BCUT2D eigenvalue weighted by molar-refractivity contribution is -0.384. The number of benzene rings is 3. The molecule has 0 radical (unpaired) electrons. The molecule has 3 aliphatic heterocycles. The van der Waals surface area contributed by atoms with Crippen LogP contribution >= 0.6 is 0 Å². The average molecular weight is 616 g/mol. The summed E-state index contributed by atoms with van der Waals surface area (Å²) in [6.07, 6.45) is -1.53. The topological polar surface area (TPSA) is 149 Å². The third-order valence-electron chi connectivity index (χ3n) is 8.43. The van der Waals surface area contributed by atoms with E-state index in [1.165, 1.54) is 23.1 Å². The molecule has 2 saturated heterocycles. The average Bonchev–Trinajstić information content (AvgIpc) is 3.49. The zero-order chi connectivity index (χ0) is 32.3. The molecule has 3 amide bonds. The van der Waals surface area contributed by atoms with E-state index in [0.717, 1.165) is 22.6 Å². The Morgan fingerprint density at radius 2 is 1.67 bits per heavy atom. The molecule has 3 aromatic carbocycles. The van der Waals surface area contributed by atoms with Gasteiger partial charge >= 0.3 is 0 Å². The van der Waals surface area contributed by atoms with Crippen LogP contribution in [0, 0.1) is 10.1 Å². The van der Waals surface area contributed by atoms with Crippen LogP contribution in [0.5, 0.6) is 0 Å². The fraction of sp³-hybridized carbons (Fsp3) is 0.364. The number of β-lactam (4-membered cyclic amide) rings is 1. The van der Waals surface area contributed by atoms with Gasteiger partial charge in [0.25, 0.3) is 23.4 Å². The summed E-state index contributed by atoms with van der Waals surface area (Å²) in [5.41, 5.74) is -4.04. The minimum atomic E-state index is -2.52. The predicted molar refractivity (Wildman–Crippen MR) is 160 cm³/mol. The first-order chi connectivity index (χ1) is 21.3. The van der Waals surface area contributed by atoms with E-state index in [-0.39, 0.29) is 35.7 Å². The normalized spacial score (nSPS) is 27.1. The molecule has 12 nitrogen and oxygen atoms in total. The molecule has 6 rings (SSSR count). The number of aliphatic hydroxyl groups is 1. The maximum atomic E-state index is 14.8. The number of ether oxygens (including phenoxy) is 3. The van der Waals surface area contributed by atoms with Crippen molar-refractivity contribution in [3.8, 4) is 0 Å². The summed E-state index contributed by atoms with van der Waals surface area (Å²) in [5, 5.41) is 24.0. The van der Waals surface area contributed by atoms with Crippen molar-refractivity contribution in [3.05, 3.63) is 106 Å². The van der Waals surface area contributed by atoms with E-state index in [1.54, 1.807) is 45.9 Å². The van der Waals surface area contributed by atoms with E-state index >= 15 is 0 Å². The van der Waals surface area contributed by atoms with Crippen molar-refractivity contribution in [2.45, 2.75) is 69.5 Å². The summed E-state index contributed by atoms with van der Waals surface area (Å²) in [4.78, 5) is 56.1. The van der Waals surface area contributed by atoms with Crippen molar-refractivity contribution in [1.82, 2.24) is 4.90 Å². The highest BCUT2D eigenvalue weighted by Gasteiger charge is 2.80. The quantitative estimate of drug-likeness (QED) is 0.173. The van der Waals surface area contributed by atoms with Gasteiger partial charge in [0.15, 0.2) is 5.79 Å². The molecule has 0 spiro atoms. The highest BCUT2D eigenvalue weighted by atomic mass is 16.7. The highest BCUT2D eigenvalue weighted by molar-refractivity contribution is 6.28. The SMILES string of the molecule is CC(C)O[C@]1([C@]2(O)C(=O)N(Cc3ccccc3)[C@H]2[C@H]2COC(C)(C)O2)C(=O)N(C(=O)c2ccc([N+](=O)[O-])cc2)c2ccccc21. The summed E-state index contributed by atoms with van der Waals surface area (Å²) in [7, 11) is 0. The van der Waals surface area contributed by atoms with E-state index in [1.807, 2.05) is 30.3 Å². The molecule has 4 atom stereocenters. The third kappa shape index (κ3) is 4.64. The van der Waals surface area contributed by atoms with Crippen LogP contribution in [0.1, 0.15) is 49.2 Å². The Morgan fingerprint density at radius 1 is 1.02 bits per heavy atom. The van der Waals surface area contributed by atoms with E-state index in [2.05, 4.69) is 0 Å². The molecule has 0 aliphatic carbocycles. The van der Waals surface area contributed by atoms with E-state index < -0.39 is 57.9 Å². The fourth-order valence-corrected chi connectivity index (χ4v) is 6.61. The Labute approximate surface area is 259 Å². The molecule has 12 heteroatoms. The molecule has 0 aromatic heterocycles. The van der Waals surface area contributed by atoms with Crippen molar-refractivity contribution in [2.75, 3.05) is 11.5 Å². The second-order valence-corrected chi connectivity index (χ2v) is 12.1. The van der Waals surface area contributed by atoms with Gasteiger partial charge in [-0.2, -0.15) is 0 Å². The number of likely N-dealkylation sites (tertiary alicyclic amines) is 1. The first kappa shape index (κ1) is 30.5. The molecule has 2 fully saturated rings. The lowest BCUT2D eigenvalue weighted by atomic mass is 9.64. The molecule has 234 valence electrons. The van der Waals surface area contributed by atoms with E-state index in [9.17, 15) is 29.6 Å². The molecule has 45 heavy (non-hydrogen) atoms. The summed E-state index contributed by atoms with van der Waals surface area (Å²) in [6.45, 7) is 6.91. The van der Waals surface area contributed by atoms with Crippen LogP contribution in [0.3, 0.4) is 0 Å². The molecular weight excluding hydrogens is 582 g/mol. The number of nitrogens with zero attached hydrogens (tertiary/aromatic N) is 3. The van der Waals surface area contributed by atoms with Gasteiger partial charge in [0, 0.05) is 29.8 Å². The number of carbonyl (C=O) groups excluding carboxylic acids is 3. The van der Waals surface area contributed by atoms with Gasteiger partial charge < -0.3 is 24.2 Å². The largest absolute Gasteiger partial charge is 0.375 e. The minimum absolute atomic E-state index is 0.00689. The monoisotopic (exact) mass is 615 g/mol. The van der Waals surface area contributed by atoms with Crippen molar-refractivity contribution in [2.24, 2.45) is 0 Å². The van der Waals surface area contributed by atoms with Gasteiger partial charge in [-0.1, -0.05) is 48.5 Å². The van der Waals surface area contributed by atoms with Crippen LogP contribution in [-0.4, -0.2) is 68.9 Å². The van der Waals surface area contributed by atoms with Crippen LogP contribution in [0.25, 0.3) is 0 Å². The number of anilines is 1. The van der Waals surface area contributed by atoms with Crippen LogP contribution < -0.4 is 4.90 Å². The predicted octanol–water partition coefficient (Wildman–Crippen LogP) is 3.70. The van der Waals surface area contributed by atoms with Crippen molar-refractivity contribution in [1.29, 1.82) is 0 Å². The first-order valence-electron chi connectivity index (χ1n) is 14.6.